The SMILES string of the molecule is CC(C)CCN(Cc1cccnc1N)C1CCCC1. The van der Waals surface area contributed by atoms with Crippen LogP contribution in [-0.2, 0) is 6.54 Å². The van der Waals surface area contributed by atoms with Crippen LogP contribution in [0.5, 0.6) is 0 Å². The van der Waals surface area contributed by atoms with Crippen LogP contribution in [0.25, 0.3) is 0 Å². The highest BCUT2D eigenvalue weighted by atomic mass is 15.2. The molecular formula is C16H27N3. The van der Waals surface area contributed by atoms with E-state index in [-0.39, 0.29) is 0 Å². The van der Waals surface area contributed by atoms with Gasteiger partial charge in [-0.1, -0.05) is 32.8 Å². The Morgan fingerprint density at radius 1 is 1.37 bits per heavy atom. The zero-order valence-electron chi connectivity index (χ0n) is 12.3. The number of nitrogen functional groups attached to an aromatic ring is 1. The smallest absolute Gasteiger partial charge is 0.127 e. The minimum Gasteiger partial charge on any atom is -0.383 e. The van der Waals surface area contributed by atoms with Gasteiger partial charge in [-0.05, 0) is 37.8 Å². The first-order valence-electron chi connectivity index (χ1n) is 7.60. The van der Waals surface area contributed by atoms with Crippen LogP contribution in [0.15, 0.2) is 18.3 Å². The van der Waals surface area contributed by atoms with E-state index in [1.54, 1.807) is 6.20 Å². The van der Waals surface area contributed by atoms with E-state index in [1.165, 1.54) is 44.2 Å². The van der Waals surface area contributed by atoms with Crippen molar-refractivity contribution in [3.8, 4) is 0 Å². The average molecular weight is 261 g/mol. The second kappa shape index (κ2) is 6.90. The molecule has 0 spiro atoms. The van der Waals surface area contributed by atoms with Gasteiger partial charge in [0.15, 0.2) is 0 Å². The Kier molecular flexibility index (Phi) is 5.20. The minimum atomic E-state index is 0.690. The fourth-order valence-corrected chi connectivity index (χ4v) is 2.89. The van der Waals surface area contributed by atoms with Gasteiger partial charge >= 0.3 is 0 Å². The molecular weight excluding hydrogens is 234 g/mol. The summed E-state index contributed by atoms with van der Waals surface area (Å²) in [5, 5.41) is 0. The number of nitrogens with zero attached hydrogens (tertiary/aromatic N) is 2. The normalized spacial score (nSPS) is 16.6. The van der Waals surface area contributed by atoms with Crippen molar-refractivity contribution in [1.82, 2.24) is 9.88 Å². The van der Waals surface area contributed by atoms with Gasteiger partial charge in [-0.15, -0.1) is 0 Å². The molecule has 1 saturated carbocycles. The second-order valence-electron chi connectivity index (χ2n) is 6.14. The van der Waals surface area contributed by atoms with E-state index in [4.69, 9.17) is 5.73 Å². The summed E-state index contributed by atoms with van der Waals surface area (Å²) in [5.74, 6) is 1.45. The molecule has 0 saturated heterocycles. The van der Waals surface area contributed by atoms with Gasteiger partial charge in [0.25, 0.3) is 0 Å². The van der Waals surface area contributed by atoms with Crippen molar-refractivity contribution in [2.24, 2.45) is 5.92 Å². The standard InChI is InChI=1S/C16H27N3/c1-13(2)9-11-19(15-7-3-4-8-15)12-14-6-5-10-18-16(14)17/h5-6,10,13,15H,3-4,7-9,11-12H2,1-2H3,(H2,17,18). The first-order chi connectivity index (χ1) is 9.16. The lowest BCUT2D eigenvalue weighted by molar-refractivity contribution is 0.179. The molecule has 0 radical (unpaired) electrons. The Morgan fingerprint density at radius 3 is 2.74 bits per heavy atom. The molecule has 0 amide bonds. The molecule has 0 atom stereocenters. The maximum atomic E-state index is 5.99. The van der Waals surface area contributed by atoms with Gasteiger partial charge in [0.05, 0.1) is 0 Å². The van der Waals surface area contributed by atoms with Crippen LogP contribution in [0.3, 0.4) is 0 Å². The molecule has 1 aromatic heterocycles. The Balaban J connectivity index is 2.02. The molecule has 1 aromatic rings. The van der Waals surface area contributed by atoms with Crippen LogP contribution in [-0.4, -0.2) is 22.5 Å². The lowest BCUT2D eigenvalue weighted by Crippen LogP contribution is -2.34. The third-order valence-corrected chi connectivity index (χ3v) is 4.13. The lowest BCUT2D eigenvalue weighted by atomic mass is 10.1. The number of aromatic nitrogens is 1. The number of pyridine rings is 1. The highest BCUT2D eigenvalue weighted by Gasteiger charge is 2.23. The number of hydrogen-bond acceptors (Lipinski definition) is 3. The summed E-state index contributed by atoms with van der Waals surface area (Å²) in [7, 11) is 0. The van der Waals surface area contributed by atoms with Gasteiger partial charge < -0.3 is 5.73 Å². The molecule has 1 fully saturated rings. The maximum Gasteiger partial charge on any atom is 0.127 e. The molecule has 0 aromatic carbocycles. The molecule has 19 heavy (non-hydrogen) atoms. The van der Waals surface area contributed by atoms with Crippen LogP contribution in [0.2, 0.25) is 0 Å². The van der Waals surface area contributed by atoms with Gasteiger partial charge in [0.1, 0.15) is 5.82 Å². The third-order valence-electron chi connectivity index (χ3n) is 4.13. The van der Waals surface area contributed by atoms with Crippen LogP contribution < -0.4 is 5.73 Å². The van der Waals surface area contributed by atoms with Crippen molar-refractivity contribution in [2.45, 2.75) is 58.5 Å². The average Bonchev–Trinajstić information content (AvgIpc) is 2.90. The van der Waals surface area contributed by atoms with Gasteiger partial charge in [-0.2, -0.15) is 0 Å². The summed E-state index contributed by atoms with van der Waals surface area (Å²) in [6.07, 6.45) is 8.48. The predicted molar refractivity (Wildman–Crippen MR) is 80.8 cm³/mol. The van der Waals surface area contributed by atoms with Crippen molar-refractivity contribution in [3.05, 3.63) is 23.9 Å². The first-order valence-corrected chi connectivity index (χ1v) is 7.60. The number of anilines is 1. The van der Waals surface area contributed by atoms with Gasteiger partial charge in [-0.3, -0.25) is 4.90 Å². The van der Waals surface area contributed by atoms with Crippen LogP contribution >= 0.6 is 0 Å². The summed E-state index contributed by atoms with van der Waals surface area (Å²) in [6.45, 7) is 6.73. The topological polar surface area (TPSA) is 42.2 Å². The molecule has 3 heteroatoms. The second-order valence-corrected chi connectivity index (χ2v) is 6.14. The summed E-state index contributed by atoms with van der Waals surface area (Å²) < 4.78 is 0. The highest BCUT2D eigenvalue weighted by molar-refractivity contribution is 5.38. The summed E-state index contributed by atoms with van der Waals surface area (Å²) in [4.78, 5) is 6.83. The predicted octanol–water partition coefficient (Wildman–Crippen LogP) is 3.45. The van der Waals surface area contributed by atoms with Gasteiger partial charge in [0.2, 0.25) is 0 Å². The zero-order valence-corrected chi connectivity index (χ0v) is 12.3. The molecule has 0 aliphatic heterocycles. The Bertz CT molecular complexity index is 383. The summed E-state index contributed by atoms with van der Waals surface area (Å²) in [6, 6.07) is 4.85. The van der Waals surface area contributed by atoms with Crippen molar-refractivity contribution in [2.75, 3.05) is 12.3 Å². The molecule has 2 N–H and O–H groups in total. The highest BCUT2D eigenvalue weighted by Crippen LogP contribution is 2.26. The minimum absolute atomic E-state index is 0.690. The molecule has 2 rings (SSSR count). The van der Waals surface area contributed by atoms with Gasteiger partial charge in [0, 0.05) is 24.3 Å². The lowest BCUT2D eigenvalue weighted by Gasteiger charge is -2.29. The van der Waals surface area contributed by atoms with E-state index in [0.717, 1.165) is 18.5 Å². The van der Waals surface area contributed by atoms with Crippen molar-refractivity contribution >= 4 is 5.82 Å². The Morgan fingerprint density at radius 2 is 2.11 bits per heavy atom. The maximum absolute atomic E-state index is 5.99. The van der Waals surface area contributed by atoms with E-state index in [1.807, 2.05) is 6.07 Å². The molecule has 1 aliphatic carbocycles. The Hall–Kier alpha value is -1.09. The first kappa shape index (κ1) is 14.3. The van der Waals surface area contributed by atoms with Crippen molar-refractivity contribution in [3.63, 3.8) is 0 Å². The van der Waals surface area contributed by atoms with E-state index >= 15 is 0 Å². The third kappa shape index (κ3) is 4.20. The fraction of sp³-hybridized carbons (Fsp3) is 0.688. The van der Waals surface area contributed by atoms with Crippen molar-refractivity contribution < 1.29 is 0 Å². The number of nitrogens with two attached hydrogens (primary N) is 1. The monoisotopic (exact) mass is 261 g/mol. The summed E-state index contributed by atoms with van der Waals surface area (Å²) in [5.41, 5.74) is 7.16. The number of rotatable bonds is 6. The van der Waals surface area contributed by atoms with Gasteiger partial charge in [-0.25, -0.2) is 4.98 Å². The quantitative estimate of drug-likeness (QED) is 0.852. The molecule has 106 valence electrons. The fourth-order valence-electron chi connectivity index (χ4n) is 2.89. The van der Waals surface area contributed by atoms with E-state index in [0.29, 0.717) is 5.82 Å². The molecule has 3 nitrogen and oxygen atoms in total. The van der Waals surface area contributed by atoms with E-state index < -0.39 is 0 Å². The molecule has 1 heterocycles. The molecule has 0 unspecified atom stereocenters. The van der Waals surface area contributed by atoms with Crippen LogP contribution in [0.4, 0.5) is 5.82 Å². The van der Waals surface area contributed by atoms with Crippen LogP contribution in [0.1, 0.15) is 51.5 Å². The van der Waals surface area contributed by atoms with E-state index in [2.05, 4.69) is 29.8 Å². The van der Waals surface area contributed by atoms with Crippen LogP contribution in [0, 0.1) is 5.92 Å². The summed E-state index contributed by atoms with van der Waals surface area (Å²) >= 11 is 0. The largest absolute Gasteiger partial charge is 0.383 e. The molecule has 0 bridgehead atoms. The zero-order chi connectivity index (χ0) is 13.7. The van der Waals surface area contributed by atoms with E-state index in [9.17, 15) is 0 Å². The van der Waals surface area contributed by atoms with Crippen molar-refractivity contribution in [1.29, 1.82) is 0 Å². The molecule has 1 aliphatic rings. The number of hydrogen-bond donors (Lipinski definition) is 1. The Labute approximate surface area is 117 Å².